The van der Waals surface area contributed by atoms with Crippen LogP contribution >= 0.6 is 0 Å². The SMILES string of the molecule is CCCCOCCN(C)c1ccc(-c2nc3c(C)nn(C4CCCCC4)c3c(=O)[nH]2)c(OC)c1. The van der Waals surface area contributed by atoms with E-state index in [0.29, 0.717) is 29.2 Å². The van der Waals surface area contributed by atoms with Crippen LogP contribution in [0.4, 0.5) is 5.69 Å². The number of rotatable bonds is 10. The number of unbranched alkanes of at least 4 members (excludes halogenated alkanes) is 1. The number of aromatic nitrogens is 4. The van der Waals surface area contributed by atoms with Crippen LogP contribution in [0.1, 0.15) is 63.6 Å². The van der Waals surface area contributed by atoms with Crippen molar-refractivity contribution in [1.82, 2.24) is 19.7 Å². The van der Waals surface area contributed by atoms with Gasteiger partial charge in [-0.3, -0.25) is 9.48 Å². The maximum atomic E-state index is 13.2. The zero-order chi connectivity index (χ0) is 24.1. The van der Waals surface area contributed by atoms with Gasteiger partial charge in [0.15, 0.2) is 5.52 Å². The van der Waals surface area contributed by atoms with Crippen LogP contribution in [0.15, 0.2) is 23.0 Å². The molecule has 1 aliphatic rings. The van der Waals surface area contributed by atoms with E-state index in [4.69, 9.17) is 19.6 Å². The maximum Gasteiger partial charge on any atom is 0.277 e. The fraction of sp³-hybridized carbons (Fsp3) is 0.577. The molecule has 0 atom stereocenters. The van der Waals surface area contributed by atoms with Gasteiger partial charge in [-0.25, -0.2) is 4.98 Å². The van der Waals surface area contributed by atoms with Gasteiger partial charge >= 0.3 is 0 Å². The summed E-state index contributed by atoms with van der Waals surface area (Å²) in [7, 11) is 3.67. The first-order valence-electron chi connectivity index (χ1n) is 12.5. The van der Waals surface area contributed by atoms with Crippen LogP contribution in [-0.4, -0.2) is 53.7 Å². The van der Waals surface area contributed by atoms with Gasteiger partial charge in [0.2, 0.25) is 0 Å². The van der Waals surface area contributed by atoms with Gasteiger partial charge in [-0.1, -0.05) is 32.6 Å². The number of nitrogens with zero attached hydrogens (tertiary/aromatic N) is 4. The van der Waals surface area contributed by atoms with E-state index in [9.17, 15) is 4.79 Å². The van der Waals surface area contributed by atoms with E-state index in [1.54, 1.807) is 7.11 Å². The number of methoxy groups -OCH3 is 1. The molecule has 1 aromatic carbocycles. The molecule has 184 valence electrons. The molecule has 1 aliphatic carbocycles. The highest BCUT2D eigenvalue weighted by molar-refractivity contribution is 5.80. The second kappa shape index (κ2) is 11.0. The van der Waals surface area contributed by atoms with Crippen molar-refractivity contribution in [3.05, 3.63) is 34.2 Å². The molecule has 2 aromatic heterocycles. The molecule has 34 heavy (non-hydrogen) atoms. The lowest BCUT2D eigenvalue weighted by Gasteiger charge is -2.22. The van der Waals surface area contributed by atoms with Crippen LogP contribution in [0.3, 0.4) is 0 Å². The van der Waals surface area contributed by atoms with Crippen molar-refractivity contribution in [2.24, 2.45) is 0 Å². The normalized spacial score (nSPS) is 14.6. The molecular weight excluding hydrogens is 430 g/mol. The summed E-state index contributed by atoms with van der Waals surface area (Å²) < 4.78 is 13.3. The molecule has 4 rings (SSSR count). The molecule has 0 amide bonds. The van der Waals surface area contributed by atoms with Gasteiger partial charge in [0.05, 0.1) is 31.0 Å². The third-order valence-electron chi connectivity index (χ3n) is 6.74. The van der Waals surface area contributed by atoms with Gasteiger partial charge in [-0.2, -0.15) is 5.10 Å². The molecule has 3 aromatic rings. The average molecular weight is 468 g/mol. The molecule has 0 unspecified atom stereocenters. The Morgan fingerprint density at radius 2 is 2.00 bits per heavy atom. The Morgan fingerprint density at radius 3 is 2.74 bits per heavy atom. The lowest BCUT2D eigenvalue weighted by Crippen LogP contribution is -2.22. The van der Waals surface area contributed by atoms with Crippen LogP contribution in [0.2, 0.25) is 0 Å². The van der Waals surface area contributed by atoms with Crippen molar-refractivity contribution in [2.45, 2.75) is 64.8 Å². The number of hydrogen-bond acceptors (Lipinski definition) is 6. The highest BCUT2D eigenvalue weighted by Gasteiger charge is 2.23. The van der Waals surface area contributed by atoms with Crippen molar-refractivity contribution < 1.29 is 9.47 Å². The third kappa shape index (κ3) is 5.12. The van der Waals surface area contributed by atoms with E-state index in [2.05, 4.69) is 16.8 Å². The monoisotopic (exact) mass is 467 g/mol. The van der Waals surface area contributed by atoms with Gasteiger partial charge in [0.1, 0.15) is 17.1 Å². The minimum atomic E-state index is -0.154. The van der Waals surface area contributed by atoms with Gasteiger partial charge in [-0.05, 0) is 38.3 Å². The molecule has 0 aliphatic heterocycles. The summed E-state index contributed by atoms with van der Waals surface area (Å²) in [6.07, 6.45) is 7.95. The first-order chi connectivity index (χ1) is 16.5. The standard InChI is InChI=1S/C26H37N5O3/c1-5-6-15-34-16-14-30(3)20-12-13-21(22(17-20)33-4)25-27-23-18(2)29-31(24(23)26(32)28-25)19-10-8-7-9-11-19/h12-13,17,19H,5-11,14-16H2,1-4H3,(H,27,28,32). The topological polar surface area (TPSA) is 85.3 Å². The van der Waals surface area contributed by atoms with Gasteiger partial charge in [-0.15, -0.1) is 0 Å². The van der Waals surface area contributed by atoms with Crippen molar-refractivity contribution >= 4 is 16.7 Å². The Morgan fingerprint density at radius 1 is 1.21 bits per heavy atom. The Labute approximate surface area is 201 Å². The van der Waals surface area contributed by atoms with Crippen LogP contribution < -0.4 is 15.2 Å². The third-order valence-corrected chi connectivity index (χ3v) is 6.74. The van der Waals surface area contributed by atoms with Crippen molar-refractivity contribution in [3.63, 3.8) is 0 Å². The number of nitrogens with one attached hydrogen (secondary N) is 1. The smallest absolute Gasteiger partial charge is 0.277 e. The predicted octanol–water partition coefficient (Wildman–Crippen LogP) is 4.86. The molecule has 1 fully saturated rings. The molecular formula is C26H37N5O3. The lowest BCUT2D eigenvalue weighted by atomic mass is 9.95. The molecule has 0 spiro atoms. The van der Waals surface area contributed by atoms with E-state index in [1.807, 2.05) is 36.9 Å². The molecule has 0 radical (unpaired) electrons. The van der Waals surface area contributed by atoms with E-state index >= 15 is 0 Å². The lowest BCUT2D eigenvalue weighted by molar-refractivity contribution is 0.138. The molecule has 8 nitrogen and oxygen atoms in total. The minimum absolute atomic E-state index is 0.154. The number of likely N-dealkylation sites (N-methyl/N-ethyl adjacent to an activating group) is 1. The van der Waals surface area contributed by atoms with Crippen molar-refractivity contribution in [1.29, 1.82) is 0 Å². The maximum absolute atomic E-state index is 13.2. The fourth-order valence-corrected chi connectivity index (χ4v) is 4.70. The number of aryl methyl sites for hydroxylation is 1. The largest absolute Gasteiger partial charge is 0.496 e. The molecule has 0 saturated heterocycles. The summed E-state index contributed by atoms with van der Waals surface area (Å²) in [5, 5.41) is 4.72. The summed E-state index contributed by atoms with van der Waals surface area (Å²) in [5.41, 5.74) is 3.64. The van der Waals surface area contributed by atoms with Crippen LogP contribution in [0, 0.1) is 6.92 Å². The van der Waals surface area contributed by atoms with E-state index in [-0.39, 0.29) is 11.6 Å². The number of ether oxygens (including phenoxy) is 2. The first kappa shape index (κ1) is 24.3. The number of fused-ring (bicyclic) bond motifs is 1. The first-order valence-corrected chi connectivity index (χ1v) is 12.5. The Balaban J connectivity index is 1.61. The summed E-state index contributed by atoms with van der Waals surface area (Å²) in [6.45, 7) is 6.34. The number of benzene rings is 1. The zero-order valence-corrected chi connectivity index (χ0v) is 20.9. The molecule has 8 heteroatoms. The van der Waals surface area contributed by atoms with Gasteiger partial charge < -0.3 is 19.4 Å². The van der Waals surface area contributed by atoms with Gasteiger partial charge in [0, 0.05) is 32.0 Å². The number of anilines is 1. The Bertz CT molecular complexity index is 1160. The minimum Gasteiger partial charge on any atom is -0.496 e. The average Bonchev–Trinajstić information content (AvgIpc) is 3.20. The summed E-state index contributed by atoms with van der Waals surface area (Å²) in [6, 6.07) is 6.22. The van der Waals surface area contributed by atoms with Crippen molar-refractivity contribution in [2.75, 3.05) is 38.8 Å². The molecule has 1 saturated carbocycles. The van der Waals surface area contributed by atoms with E-state index < -0.39 is 0 Å². The van der Waals surface area contributed by atoms with Crippen LogP contribution in [-0.2, 0) is 4.74 Å². The number of H-pyrrole nitrogens is 1. The molecule has 1 N–H and O–H groups in total. The quantitative estimate of drug-likeness (QED) is 0.429. The Kier molecular flexibility index (Phi) is 7.88. The van der Waals surface area contributed by atoms with Crippen LogP contribution in [0.5, 0.6) is 5.75 Å². The fourth-order valence-electron chi connectivity index (χ4n) is 4.70. The summed E-state index contributed by atoms with van der Waals surface area (Å²) >= 11 is 0. The predicted molar refractivity (Wildman–Crippen MR) is 136 cm³/mol. The van der Waals surface area contributed by atoms with E-state index in [0.717, 1.165) is 55.8 Å². The highest BCUT2D eigenvalue weighted by atomic mass is 16.5. The van der Waals surface area contributed by atoms with Crippen molar-refractivity contribution in [3.8, 4) is 17.1 Å². The highest BCUT2D eigenvalue weighted by Crippen LogP contribution is 2.33. The second-order valence-electron chi connectivity index (χ2n) is 9.21. The number of hydrogen-bond donors (Lipinski definition) is 1. The van der Waals surface area contributed by atoms with Gasteiger partial charge in [0.25, 0.3) is 5.56 Å². The zero-order valence-electron chi connectivity index (χ0n) is 20.9. The van der Waals surface area contributed by atoms with E-state index in [1.165, 1.54) is 19.3 Å². The Hall–Kier alpha value is -2.87. The van der Waals surface area contributed by atoms with Crippen LogP contribution in [0.25, 0.3) is 22.4 Å². The summed E-state index contributed by atoms with van der Waals surface area (Å²) in [4.78, 5) is 23.2. The second-order valence-corrected chi connectivity index (χ2v) is 9.21. The molecule has 2 heterocycles. The summed E-state index contributed by atoms with van der Waals surface area (Å²) in [5.74, 6) is 1.16. The molecule has 0 bridgehead atoms. The number of aromatic amines is 1.